The molecule has 0 spiro atoms. The average molecular weight is 273 g/mol. The quantitative estimate of drug-likeness (QED) is 0.779. The van der Waals surface area contributed by atoms with Gasteiger partial charge in [0, 0.05) is 5.02 Å². The molecule has 1 nitrogen and oxygen atoms in total. The lowest BCUT2D eigenvalue weighted by Gasteiger charge is -2.29. The molecule has 0 amide bonds. The number of hydrogen-bond donors (Lipinski definition) is 1. The van der Waals surface area contributed by atoms with Crippen LogP contribution >= 0.6 is 24.2 Å². The van der Waals surface area contributed by atoms with Gasteiger partial charge in [-0.25, -0.2) is 0 Å². The van der Waals surface area contributed by atoms with Gasteiger partial charge in [-0.05, 0) is 34.8 Å². The van der Waals surface area contributed by atoms with Gasteiger partial charge in [-0.1, -0.05) is 44.5 Å². The molecule has 0 saturated carbocycles. The third-order valence-corrected chi connectivity index (χ3v) is 3.60. The van der Waals surface area contributed by atoms with Crippen molar-refractivity contribution in [2.24, 2.45) is 11.3 Å². The molecule has 0 aliphatic heterocycles. The van der Waals surface area contributed by atoms with E-state index in [1.54, 1.807) is 0 Å². The third kappa shape index (κ3) is 5.33. The van der Waals surface area contributed by atoms with Crippen molar-refractivity contribution < 1.29 is 4.74 Å². The first-order valence-corrected chi connectivity index (χ1v) is 6.87. The van der Waals surface area contributed by atoms with E-state index in [0.29, 0.717) is 12.5 Å². The lowest BCUT2D eigenvalue weighted by Crippen LogP contribution is -2.26. The van der Waals surface area contributed by atoms with E-state index in [-0.39, 0.29) is 5.41 Å². The lowest BCUT2D eigenvalue weighted by atomic mass is 9.82. The highest BCUT2D eigenvalue weighted by atomic mass is 35.5. The molecule has 3 heteroatoms. The Bertz CT molecular complexity index is 346. The number of rotatable bonds is 5. The highest BCUT2D eigenvalue weighted by Gasteiger charge is 2.23. The van der Waals surface area contributed by atoms with Gasteiger partial charge < -0.3 is 4.74 Å². The summed E-state index contributed by atoms with van der Waals surface area (Å²) >= 11 is 10.3. The number of ether oxygens (including phenoxy) is 1. The van der Waals surface area contributed by atoms with E-state index in [1.165, 1.54) is 0 Å². The van der Waals surface area contributed by atoms with E-state index in [2.05, 4.69) is 33.4 Å². The first-order valence-electron chi connectivity index (χ1n) is 5.86. The summed E-state index contributed by atoms with van der Waals surface area (Å²) in [4.78, 5) is 0. The Hall–Kier alpha value is -0.180. The summed E-state index contributed by atoms with van der Waals surface area (Å²) in [7, 11) is 0. The highest BCUT2D eigenvalue weighted by molar-refractivity contribution is 7.80. The minimum absolute atomic E-state index is 0.232. The Morgan fingerprint density at radius 1 is 1.35 bits per heavy atom. The number of benzene rings is 1. The predicted molar refractivity (Wildman–Crippen MR) is 77.9 cm³/mol. The zero-order valence-electron chi connectivity index (χ0n) is 10.7. The topological polar surface area (TPSA) is 9.23 Å². The van der Waals surface area contributed by atoms with Gasteiger partial charge >= 0.3 is 0 Å². The number of halogens is 1. The summed E-state index contributed by atoms with van der Waals surface area (Å²) in [5, 5.41) is 0.757. The molecule has 0 heterocycles. The van der Waals surface area contributed by atoms with Crippen LogP contribution in [0, 0.1) is 11.3 Å². The largest absolute Gasteiger partial charge is 0.376 e. The van der Waals surface area contributed by atoms with Crippen molar-refractivity contribution >= 4 is 24.2 Å². The molecule has 1 rings (SSSR count). The molecule has 1 aromatic carbocycles. The maximum absolute atomic E-state index is 5.92. The van der Waals surface area contributed by atoms with Crippen LogP contribution in [-0.2, 0) is 11.3 Å². The van der Waals surface area contributed by atoms with Gasteiger partial charge in [-0.15, -0.1) is 0 Å². The summed E-state index contributed by atoms with van der Waals surface area (Å²) in [5.74, 6) is 1.31. The Morgan fingerprint density at radius 2 is 2.06 bits per heavy atom. The van der Waals surface area contributed by atoms with Gasteiger partial charge in [0.1, 0.15) is 0 Å². The molecule has 17 heavy (non-hydrogen) atoms. The normalized spacial score (nSPS) is 13.7. The standard InChI is InChI=1S/C14H21ClOS/c1-14(2,3)12(10-17)9-16-8-11-5-4-6-13(15)7-11/h4-7,12,17H,8-10H2,1-3H3. The molecule has 0 radical (unpaired) electrons. The Morgan fingerprint density at radius 3 is 2.59 bits per heavy atom. The van der Waals surface area contributed by atoms with Gasteiger partial charge in [-0.2, -0.15) is 12.6 Å². The molecule has 0 aromatic heterocycles. The second-order valence-electron chi connectivity index (χ2n) is 5.39. The van der Waals surface area contributed by atoms with Gasteiger partial charge in [0.05, 0.1) is 13.2 Å². The molecule has 1 atom stereocenters. The monoisotopic (exact) mass is 272 g/mol. The van der Waals surface area contributed by atoms with Crippen LogP contribution in [0.5, 0.6) is 0 Å². The van der Waals surface area contributed by atoms with Crippen LogP contribution in [0.1, 0.15) is 26.3 Å². The van der Waals surface area contributed by atoms with Gasteiger partial charge in [0.15, 0.2) is 0 Å². The van der Waals surface area contributed by atoms with E-state index in [0.717, 1.165) is 22.9 Å². The van der Waals surface area contributed by atoms with Crippen LogP contribution in [0.25, 0.3) is 0 Å². The van der Waals surface area contributed by atoms with Crippen molar-refractivity contribution in [1.29, 1.82) is 0 Å². The molecule has 1 unspecified atom stereocenters. The van der Waals surface area contributed by atoms with Crippen molar-refractivity contribution in [3.63, 3.8) is 0 Å². The molecule has 0 fully saturated rings. The van der Waals surface area contributed by atoms with Crippen LogP contribution in [0.3, 0.4) is 0 Å². The van der Waals surface area contributed by atoms with Crippen molar-refractivity contribution in [2.45, 2.75) is 27.4 Å². The molecule has 0 N–H and O–H groups in total. The summed E-state index contributed by atoms with van der Waals surface area (Å²) < 4.78 is 5.75. The van der Waals surface area contributed by atoms with Gasteiger partial charge in [0.2, 0.25) is 0 Å². The van der Waals surface area contributed by atoms with E-state index in [9.17, 15) is 0 Å². The van der Waals surface area contributed by atoms with Crippen LogP contribution in [0.15, 0.2) is 24.3 Å². The molecule has 1 aromatic rings. The fraction of sp³-hybridized carbons (Fsp3) is 0.571. The minimum atomic E-state index is 0.232. The number of thiol groups is 1. The van der Waals surface area contributed by atoms with Crippen molar-refractivity contribution in [2.75, 3.05) is 12.4 Å². The fourth-order valence-electron chi connectivity index (χ4n) is 1.52. The fourth-order valence-corrected chi connectivity index (χ4v) is 2.39. The molecule has 0 saturated heterocycles. The summed E-state index contributed by atoms with van der Waals surface area (Å²) in [6.45, 7) is 8.00. The lowest BCUT2D eigenvalue weighted by molar-refractivity contribution is 0.0561. The molecular weight excluding hydrogens is 252 g/mol. The molecule has 0 bridgehead atoms. The summed E-state index contributed by atoms with van der Waals surface area (Å²) in [6.07, 6.45) is 0. The summed E-state index contributed by atoms with van der Waals surface area (Å²) in [5.41, 5.74) is 1.35. The number of hydrogen-bond acceptors (Lipinski definition) is 2. The van der Waals surface area contributed by atoms with Crippen molar-refractivity contribution in [3.8, 4) is 0 Å². The molecule has 0 aliphatic rings. The molecule has 0 aliphatic carbocycles. The van der Waals surface area contributed by atoms with Crippen LogP contribution in [-0.4, -0.2) is 12.4 Å². The van der Waals surface area contributed by atoms with E-state index in [4.69, 9.17) is 16.3 Å². The van der Waals surface area contributed by atoms with Crippen LogP contribution < -0.4 is 0 Å². The van der Waals surface area contributed by atoms with Gasteiger partial charge in [0.25, 0.3) is 0 Å². The Kier molecular flexibility index (Phi) is 5.84. The van der Waals surface area contributed by atoms with Crippen molar-refractivity contribution in [1.82, 2.24) is 0 Å². The first-order chi connectivity index (χ1) is 7.93. The second-order valence-corrected chi connectivity index (χ2v) is 6.19. The zero-order valence-corrected chi connectivity index (χ0v) is 12.4. The molecular formula is C14H21ClOS. The Balaban J connectivity index is 2.42. The maximum atomic E-state index is 5.92. The summed E-state index contributed by atoms with van der Waals surface area (Å²) in [6, 6.07) is 7.78. The maximum Gasteiger partial charge on any atom is 0.0717 e. The SMILES string of the molecule is CC(C)(C)C(CS)COCc1cccc(Cl)c1. The predicted octanol–water partition coefficient (Wildman–Crippen LogP) is 4.45. The average Bonchev–Trinajstić information content (AvgIpc) is 2.22. The zero-order chi connectivity index (χ0) is 12.9. The highest BCUT2D eigenvalue weighted by Crippen LogP contribution is 2.27. The first kappa shape index (κ1) is 14.9. The Labute approximate surface area is 115 Å². The third-order valence-electron chi connectivity index (χ3n) is 2.92. The smallest absolute Gasteiger partial charge is 0.0717 e. The van der Waals surface area contributed by atoms with Crippen LogP contribution in [0.2, 0.25) is 5.02 Å². The van der Waals surface area contributed by atoms with E-state index in [1.807, 2.05) is 24.3 Å². The van der Waals surface area contributed by atoms with Crippen molar-refractivity contribution in [3.05, 3.63) is 34.9 Å². The second kappa shape index (κ2) is 6.67. The van der Waals surface area contributed by atoms with Gasteiger partial charge in [-0.3, -0.25) is 0 Å². The van der Waals surface area contributed by atoms with E-state index >= 15 is 0 Å². The molecule has 96 valence electrons. The minimum Gasteiger partial charge on any atom is -0.376 e. The van der Waals surface area contributed by atoms with Crippen LogP contribution in [0.4, 0.5) is 0 Å². The van der Waals surface area contributed by atoms with E-state index < -0.39 is 0 Å².